The molecule has 5 nitrogen and oxygen atoms in total. The summed E-state index contributed by atoms with van der Waals surface area (Å²) in [6, 6.07) is 2.81. The van der Waals surface area contributed by atoms with E-state index in [9.17, 15) is 22.8 Å². The minimum absolute atomic E-state index is 0.0716. The lowest BCUT2D eigenvalue weighted by molar-refractivity contribution is -0.152. The Morgan fingerprint density at radius 2 is 2.09 bits per heavy atom. The Morgan fingerprint density at radius 3 is 2.68 bits per heavy atom. The quantitative estimate of drug-likeness (QED) is 0.889. The van der Waals surface area contributed by atoms with Crippen molar-refractivity contribution in [1.82, 2.24) is 10.2 Å². The summed E-state index contributed by atoms with van der Waals surface area (Å²) in [5.74, 6) is -1.98. The van der Waals surface area contributed by atoms with Crippen LogP contribution in [0.1, 0.15) is 22.3 Å². The van der Waals surface area contributed by atoms with Crippen molar-refractivity contribution in [2.75, 3.05) is 26.3 Å². The molecule has 8 heteroatoms. The van der Waals surface area contributed by atoms with Crippen LogP contribution in [0.2, 0.25) is 0 Å². The van der Waals surface area contributed by atoms with Crippen LogP contribution in [-0.4, -0.2) is 48.6 Å². The average Bonchev–Trinajstić information content (AvgIpc) is 2.45. The molecule has 2 aliphatic heterocycles. The molecular formula is C14H13F3N2O3. The average molecular weight is 314 g/mol. The van der Waals surface area contributed by atoms with E-state index in [0.29, 0.717) is 0 Å². The molecule has 1 spiro atoms. The molecular weight excluding hydrogens is 301 g/mol. The van der Waals surface area contributed by atoms with Crippen molar-refractivity contribution in [3.8, 4) is 0 Å². The van der Waals surface area contributed by atoms with Crippen molar-refractivity contribution in [2.24, 2.45) is 0 Å². The zero-order chi connectivity index (χ0) is 15.9. The third-order valence-corrected chi connectivity index (χ3v) is 3.95. The van der Waals surface area contributed by atoms with E-state index in [1.54, 1.807) is 0 Å². The van der Waals surface area contributed by atoms with Crippen molar-refractivity contribution >= 4 is 11.8 Å². The van der Waals surface area contributed by atoms with E-state index in [1.807, 2.05) is 0 Å². The zero-order valence-corrected chi connectivity index (χ0v) is 11.4. The zero-order valence-electron chi connectivity index (χ0n) is 11.4. The van der Waals surface area contributed by atoms with E-state index >= 15 is 0 Å². The van der Waals surface area contributed by atoms with Crippen LogP contribution in [0.5, 0.6) is 0 Å². The van der Waals surface area contributed by atoms with E-state index in [4.69, 9.17) is 4.74 Å². The third kappa shape index (κ3) is 2.33. The van der Waals surface area contributed by atoms with Gasteiger partial charge in [-0.15, -0.1) is 0 Å². The fourth-order valence-electron chi connectivity index (χ4n) is 2.61. The number of benzene rings is 1. The number of hydrogen-bond acceptors (Lipinski definition) is 3. The van der Waals surface area contributed by atoms with Gasteiger partial charge < -0.3 is 15.0 Å². The lowest BCUT2D eigenvalue weighted by Crippen LogP contribution is -2.73. The molecule has 2 saturated heterocycles. The number of carbonyl (C=O) groups is 2. The Balaban J connectivity index is 1.92. The minimum Gasteiger partial charge on any atom is -0.376 e. The lowest BCUT2D eigenvalue weighted by Gasteiger charge is -2.51. The molecule has 2 fully saturated rings. The number of carbonyl (C=O) groups excluding carboxylic acids is 2. The first-order valence-electron chi connectivity index (χ1n) is 6.67. The number of hydrogen-bond donors (Lipinski definition) is 1. The van der Waals surface area contributed by atoms with Gasteiger partial charge in [0.15, 0.2) is 0 Å². The van der Waals surface area contributed by atoms with E-state index in [2.05, 4.69) is 5.32 Å². The summed E-state index contributed by atoms with van der Waals surface area (Å²) in [5, 5.41) is 2.66. The van der Waals surface area contributed by atoms with Gasteiger partial charge in [0.1, 0.15) is 17.9 Å². The van der Waals surface area contributed by atoms with Crippen LogP contribution in [-0.2, 0) is 9.53 Å². The first-order chi connectivity index (χ1) is 10.4. The Labute approximate surface area is 124 Å². The maximum atomic E-state index is 13.3. The summed E-state index contributed by atoms with van der Waals surface area (Å²) in [7, 11) is 0. The van der Waals surface area contributed by atoms with Gasteiger partial charge in [-0.05, 0) is 18.2 Å². The summed E-state index contributed by atoms with van der Waals surface area (Å²) in [6.45, 7) is 0.605. The molecule has 0 unspecified atom stereocenters. The Morgan fingerprint density at radius 1 is 1.36 bits per heavy atom. The molecule has 0 aliphatic carbocycles. The van der Waals surface area contributed by atoms with Gasteiger partial charge in [-0.2, -0.15) is 0 Å². The monoisotopic (exact) mass is 314 g/mol. The molecule has 2 amide bonds. The minimum atomic E-state index is -3.02. The maximum absolute atomic E-state index is 13.3. The smallest absolute Gasteiger partial charge is 0.266 e. The largest absolute Gasteiger partial charge is 0.376 e. The third-order valence-electron chi connectivity index (χ3n) is 3.95. The van der Waals surface area contributed by atoms with Crippen LogP contribution in [0.3, 0.4) is 0 Å². The highest BCUT2D eigenvalue weighted by Crippen LogP contribution is 2.30. The normalized spacial score (nSPS) is 20.0. The van der Waals surface area contributed by atoms with Crippen LogP contribution < -0.4 is 5.32 Å². The first kappa shape index (κ1) is 14.8. The standard InChI is InChI=1S/C14H13F3N2O3/c15-10-2-1-8(3-9(10)12(16)17)13(21)19-4-11(20)18-5-14(19)6-22-7-14/h1-3,12H,4-7H2,(H,18,20). The van der Waals surface area contributed by atoms with Crippen molar-refractivity contribution in [2.45, 2.75) is 12.0 Å². The van der Waals surface area contributed by atoms with Crippen LogP contribution in [0, 0.1) is 5.82 Å². The molecule has 1 aromatic carbocycles. The molecule has 3 rings (SSSR count). The SMILES string of the molecule is O=C1CN(C(=O)c2ccc(F)c(C(F)F)c2)C2(CN1)COC2. The Bertz CT molecular complexity index is 632. The Kier molecular flexibility index (Phi) is 3.56. The number of ether oxygens (including phenoxy) is 1. The van der Waals surface area contributed by atoms with Crippen molar-refractivity contribution < 1.29 is 27.5 Å². The molecule has 1 aromatic rings. The van der Waals surface area contributed by atoms with Gasteiger partial charge in [-0.3, -0.25) is 9.59 Å². The van der Waals surface area contributed by atoms with Gasteiger partial charge in [0.05, 0.1) is 18.8 Å². The van der Waals surface area contributed by atoms with Crippen LogP contribution >= 0.6 is 0 Å². The van der Waals surface area contributed by atoms with Gasteiger partial charge in [0.2, 0.25) is 5.91 Å². The number of amides is 2. The second-order valence-corrected chi connectivity index (χ2v) is 5.42. The predicted molar refractivity (Wildman–Crippen MR) is 69.0 cm³/mol. The fourth-order valence-corrected chi connectivity index (χ4v) is 2.61. The highest BCUT2D eigenvalue weighted by molar-refractivity contribution is 5.98. The van der Waals surface area contributed by atoms with E-state index in [1.165, 1.54) is 4.90 Å². The Hall–Kier alpha value is -2.09. The van der Waals surface area contributed by atoms with Gasteiger partial charge in [0.25, 0.3) is 12.3 Å². The molecule has 0 aromatic heterocycles. The van der Waals surface area contributed by atoms with Gasteiger partial charge in [0, 0.05) is 12.1 Å². The van der Waals surface area contributed by atoms with Crippen molar-refractivity contribution in [1.29, 1.82) is 0 Å². The molecule has 2 heterocycles. The number of piperazine rings is 1. The molecule has 2 aliphatic rings. The molecule has 0 atom stereocenters. The summed E-state index contributed by atoms with van der Waals surface area (Å²) < 4.78 is 44.0. The number of halogens is 3. The predicted octanol–water partition coefficient (Wildman–Crippen LogP) is 1.10. The van der Waals surface area contributed by atoms with Gasteiger partial charge in [-0.25, -0.2) is 13.2 Å². The van der Waals surface area contributed by atoms with E-state index in [0.717, 1.165) is 18.2 Å². The van der Waals surface area contributed by atoms with Crippen molar-refractivity contribution in [3.63, 3.8) is 0 Å². The number of nitrogens with one attached hydrogen (secondary N) is 1. The summed E-state index contributed by atoms with van der Waals surface area (Å²) >= 11 is 0. The molecule has 1 N–H and O–H groups in total. The molecule has 22 heavy (non-hydrogen) atoms. The fraction of sp³-hybridized carbons (Fsp3) is 0.429. The molecule has 0 bridgehead atoms. The topological polar surface area (TPSA) is 58.6 Å². The number of alkyl halides is 2. The van der Waals surface area contributed by atoms with E-state index < -0.39 is 29.3 Å². The lowest BCUT2D eigenvalue weighted by atomic mass is 9.91. The summed E-state index contributed by atoms with van der Waals surface area (Å²) in [6.07, 6.45) is -3.02. The first-order valence-corrected chi connectivity index (χ1v) is 6.67. The highest BCUT2D eigenvalue weighted by atomic mass is 19.3. The molecule has 118 valence electrons. The number of rotatable bonds is 2. The van der Waals surface area contributed by atoms with Crippen LogP contribution in [0.4, 0.5) is 13.2 Å². The maximum Gasteiger partial charge on any atom is 0.266 e. The molecule has 0 radical (unpaired) electrons. The van der Waals surface area contributed by atoms with E-state index in [-0.39, 0.29) is 37.8 Å². The number of nitrogens with zero attached hydrogens (tertiary/aromatic N) is 1. The highest BCUT2D eigenvalue weighted by Gasteiger charge is 2.50. The van der Waals surface area contributed by atoms with Crippen molar-refractivity contribution in [3.05, 3.63) is 35.1 Å². The molecule has 0 saturated carbocycles. The summed E-state index contributed by atoms with van der Waals surface area (Å²) in [5.41, 5.74) is -1.55. The van der Waals surface area contributed by atoms with Gasteiger partial charge >= 0.3 is 0 Å². The second-order valence-electron chi connectivity index (χ2n) is 5.42. The summed E-state index contributed by atoms with van der Waals surface area (Å²) in [4.78, 5) is 25.4. The van der Waals surface area contributed by atoms with Crippen LogP contribution in [0.15, 0.2) is 18.2 Å². The van der Waals surface area contributed by atoms with Crippen LogP contribution in [0.25, 0.3) is 0 Å². The van der Waals surface area contributed by atoms with Gasteiger partial charge in [-0.1, -0.05) is 0 Å². The second kappa shape index (κ2) is 5.28.